The topological polar surface area (TPSA) is 61.5 Å². The van der Waals surface area contributed by atoms with E-state index in [0.717, 1.165) is 23.1 Å². The van der Waals surface area contributed by atoms with Crippen LogP contribution in [0.3, 0.4) is 0 Å². The number of benzene rings is 1. The average Bonchev–Trinajstić information content (AvgIpc) is 3.05. The third-order valence-corrected chi connectivity index (χ3v) is 4.11. The number of halogens is 3. The number of H-pyrrole nitrogens is 2. The van der Waals surface area contributed by atoms with Gasteiger partial charge in [0.05, 0.1) is 5.56 Å². The molecule has 0 spiro atoms. The first kappa shape index (κ1) is 16.1. The zero-order valence-electron chi connectivity index (χ0n) is 13.3. The van der Waals surface area contributed by atoms with Crippen molar-refractivity contribution in [1.29, 1.82) is 0 Å². The first-order valence-corrected chi connectivity index (χ1v) is 7.76. The normalized spacial score (nSPS) is 11.8. The molecular formula is C19H12F3N3O. The van der Waals surface area contributed by atoms with Gasteiger partial charge in [-0.25, -0.2) is 4.98 Å². The molecule has 0 fully saturated rings. The molecule has 4 nitrogen and oxygen atoms in total. The molecule has 0 saturated carbocycles. The molecule has 1 aromatic carbocycles. The molecule has 0 saturated heterocycles. The molecule has 7 heteroatoms. The minimum atomic E-state index is -4.45. The predicted octanol–water partition coefficient (Wildman–Crippen LogP) is 4.60. The van der Waals surface area contributed by atoms with Crippen molar-refractivity contribution in [3.63, 3.8) is 0 Å². The Morgan fingerprint density at radius 2 is 1.81 bits per heavy atom. The van der Waals surface area contributed by atoms with Crippen LogP contribution in [-0.2, 0) is 6.18 Å². The van der Waals surface area contributed by atoms with E-state index in [1.807, 2.05) is 6.07 Å². The summed E-state index contributed by atoms with van der Waals surface area (Å²) in [5, 5.41) is 0.827. The van der Waals surface area contributed by atoms with Crippen molar-refractivity contribution in [2.45, 2.75) is 6.18 Å². The van der Waals surface area contributed by atoms with Gasteiger partial charge in [-0.15, -0.1) is 0 Å². The van der Waals surface area contributed by atoms with Gasteiger partial charge in [0.1, 0.15) is 5.65 Å². The second kappa shape index (κ2) is 5.87. The fourth-order valence-corrected chi connectivity index (χ4v) is 2.91. The zero-order valence-corrected chi connectivity index (χ0v) is 13.3. The molecule has 0 aliphatic carbocycles. The number of hydrogen-bond donors (Lipinski definition) is 2. The second-order valence-electron chi connectivity index (χ2n) is 5.83. The van der Waals surface area contributed by atoms with Gasteiger partial charge in [0, 0.05) is 35.1 Å². The molecule has 0 radical (unpaired) electrons. The monoisotopic (exact) mass is 355 g/mol. The lowest BCUT2D eigenvalue weighted by atomic mass is 10.0. The van der Waals surface area contributed by atoms with Crippen LogP contribution in [0, 0.1) is 0 Å². The number of nitrogens with zero attached hydrogens (tertiary/aromatic N) is 1. The summed E-state index contributed by atoms with van der Waals surface area (Å²) in [5.41, 5.74) is 1.47. The molecule has 2 N–H and O–H groups in total. The zero-order chi connectivity index (χ0) is 18.3. The number of alkyl halides is 3. The number of pyridine rings is 2. The van der Waals surface area contributed by atoms with Crippen LogP contribution in [0.5, 0.6) is 0 Å². The van der Waals surface area contributed by atoms with Gasteiger partial charge in [-0.1, -0.05) is 12.1 Å². The van der Waals surface area contributed by atoms with Crippen LogP contribution in [0.25, 0.3) is 33.4 Å². The SMILES string of the molecule is O=c1cc(-c2c[nH]c3ncccc23)cc(-c2cccc(C(F)(F)F)c2)[nH]1. The molecule has 4 aromatic rings. The molecular weight excluding hydrogens is 343 g/mol. The Morgan fingerprint density at radius 3 is 2.62 bits per heavy atom. The van der Waals surface area contributed by atoms with Crippen molar-refractivity contribution >= 4 is 11.0 Å². The summed E-state index contributed by atoms with van der Waals surface area (Å²) >= 11 is 0. The molecule has 0 unspecified atom stereocenters. The molecule has 0 aliphatic rings. The van der Waals surface area contributed by atoms with Crippen LogP contribution in [0.2, 0.25) is 0 Å². The highest BCUT2D eigenvalue weighted by Gasteiger charge is 2.30. The Labute approximate surface area is 145 Å². The molecule has 0 atom stereocenters. The smallest absolute Gasteiger partial charge is 0.346 e. The van der Waals surface area contributed by atoms with Crippen molar-refractivity contribution in [3.05, 3.63) is 76.8 Å². The van der Waals surface area contributed by atoms with Crippen molar-refractivity contribution < 1.29 is 13.2 Å². The maximum Gasteiger partial charge on any atom is 0.416 e. The Morgan fingerprint density at radius 1 is 0.962 bits per heavy atom. The number of hydrogen-bond acceptors (Lipinski definition) is 2. The lowest BCUT2D eigenvalue weighted by molar-refractivity contribution is -0.137. The fraction of sp³-hybridized carbons (Fsp3) is 0.0526. The summed E-state index contributed by atoms with van der Waals surface area (Å²) in [6, 6.07) is 11.6. The van der Waals surface area contributed by atoms with Crippen LogP contribution in [0.1, 0.15) is 5.56 Å². The predicted molar refractivity (Wildman–Crippen MR) is 92.6 cm³/mol. The number of rotatable bonds is 2. The molecule has 26 heavy (non-hydrogen) atoms. The van der Waals surface area contributed by atoms with E-state index in [0.29, 0.717) is 16.9 Å². The third-order valence-electron chi connectivity index (χ3n) is 4.11. The van der Waals surface area contributed by atoms with Crippen molar-refractivity contribution in [3.8, 4) is 22.4 Å². The summed E-state index contributed by atoms with van der Waals surface area (Å²) in [6.07, 6.45) is -1.08. The Bertz CT molecular complexity index is 1160. The molecule has 0 amide bonds. The van der Waals surface area contributed by atoms with Crippen LogP contribution in [-0.4, -0.2) is 15.0 Å². The fourth-order valence-electron chi connectivity index (χ4n) is 2.91. The van der Waals surface area contributed by atoms with E-state index in [2.05, 4.69) is 15.0 Å². The molecule has 4 rings (SSSR count). The molecule has 3 heterocycles. The van der Waals surface area contributed by atoms with Crippen molar-refractivity contribution in [1.82, 2.24) is 15.0 Å². The van der Waals surface area contributed by atoms with E-state index in [9.17, 15) is 18.0 Å². The van der Waals surface area contributed by atoms with Crippen molar-refractivity contribution in [2.24, 2.45) is 0 Å². The average molecular weight is 355 g/mol. The minimum Gasteiger partial charge on any atom is -0.346 e. The lowest BCUT2D eigenvalue weighted by Gasteiger charge is -2.09. The number of aromatic nitrogens is 3. The lowest BCUT2D eigenvalue weighted by Crippen LogP contribution is -2.07. The van der Waals surface area contributed by atoms with E-state index < -0.39 is 17.3 Å². The summed E-state index contributed by atoms with van der Waals surface area (Å²) in [7, 11) is 0. The van der Waals surface area contributed by atoms with Gasteiger partial charge in [-0.3, -0.25) is 4.79 Å². The van der Waals surface area contributed by atoms with Gasteiger partial charge in [-0.2, -0.15) is 13.2 Å². The summed E-state index contributed by atoms with van der Waals surface area (Å²) in [5.74, 6) is 0. The number of nitrogens with one attached hydrogen (secondary N) is 2. The maximum absolute atomic E-state index is 13.0. The molecule has 0 bridgehead atoms. The van der Waals surface area contributed by atoms with E-state index >= 15 is 0 Å². The number of fused-ring (bicyclic) bond motifs is 1. The maximum atomic E-state index is 13.0. The highest BCUT2D eigenvalue weighted by Crippen LogP contribution is 2.33. The van der Waals surface area contributed by atoms with Gasteiger partial charge in [0.2, 0.25) is 5.56 Å². The van der Waals surface area contributed by atoms with Gasteiger partial charge < -0.3 is 9.97 Å². The first-order valence-electron chi connectivity index (χ1n) is 7.76. The first-order chi connectivity index (χ1) is 12.4. The van der Waals surface area contributed by atoms with Crippen LogP contribution >= 0.6 is 0 Å². The standard InChI is InChI=1S/C19H12F3N3O/c20-19(21,22)13-4-1-3-11(7-13)16-8-12(9-17(26)25-16)15-10-24-18-14(15)5-2-6-23-18/h1-10H,(H,23,24)(H,25,26). The van der Waals surface area contributed by atoms with E-state index in [1.54, 1.807) is 24.5 Å². The number of aromatic amines is 2. The van der Waals surface area contributed by atoms with Gasteiger partial charge >= 0.3 is 6.18 Å². The summed E-state index contributed by atoms with van der Waals surface area (Å²) < 4.78 is 38.9. The Hall–Kier alpha value is -3.35. The van der Waals surface area contributed by atoms with E-state index in [4.69, 9.17) is 0 Å². The molecule has 3 aromatic heterocycles. The quantitative estimate of drug-likeness (QED) is 0.552. The van der Waals surface area contributed by atoms with Crippen LogP contribution in [0.4, 0.5) is 13.2 Å². The largest absolute Gasteiger partial charge is 0.416 e. The van der Waals surface area contributed by atoms with E-state index in [-0.39, 0.29) is 5.56 Å². The molecule has 0 aliphatic heterocycles. The van der Waals surface area contributed by atoms with Crippen molar-refractivity contribution in [2.75, 3.05) is 0 Å². The highest BCUT2D eigenvalue weighted by molar-refractivity contribution is 5.93. The Balaban J connectivity index is 1.87. The minimum absolute atomic E-state index is 0.289. The van der Waals surface area contributed by atoms with Gasteiger partial charge in [0.25, 0.3) is 0 Å². The van der Waals surface area contributed by atoms with Crippen LogP contribution in [0.15, 0.2) is 65.7 Å². The van der Waals surface area contributed by atoms with Gasteiger partial charge in [0.15, 0.2) is 0 Å². The van der Waals surface area contributed by atoms with Gasteiger partial charge in [-0.05, 0) is 41.5 Å². The third kappa shape index (κ3) is 2.88. The Kier molecular flexibility index (Phi) is 3.64. The van der Waals surface area contributed by atoms with Crippen LogP contribution < -0.4 is 5.56 Å². The molecule has 130 valence electrons. The summed E-state index contributed by atoms with van der Waals surface area (Å²) in [4.78, 5) is 21.9. The second-order valence-corrected chi connectivity index (χ2v) is 5.83. The van der Waals surface area contributed by atoms with E-state index in [1.165, 1.54) is 18.2 Å². The summed E-state index contributed by atoms with van der Waals surface area (Å²) in [6.45, 7) is 0. The highest BCUT2D eigenvalue weighted by atomic mass is 19.4.